The van der Waals surface area contributed by atoms with E-state index in [9.17, 15) is 4.79 Å². The van der Waals surface area contributed by atoms with Crippen LogP contribution in [-0.4, -0.2) is 14.8 Å². The van der Waals surface area contributed by atoms with E-state index in [1.165, 1.54) is 0 Å². The van der Waals surface area contributed by atoms with E-state index in [0.29, 0.717) is 5.69 Å². The summed E-state index contributed by atoms with van der Waals surface area (Å²) in [5.41, 5.74) is 9.04. The minimum absolute atomic E-state index is 0.00392. The van der Waals surface area contributed by atoms with Crippen molar-refractivity contribution in [3.8, 4) is 0 Å². The molecule has 1 aromatic carbocycles. The third-order valence-corrected chi connectivity index (χ3v) is 3.63. The lowest BCUT2D eigenvalue weighted by atomic mass is 10.1. The number of aromatic nitrogens is 3. The Morgan fingerprint density at radius 1 is 1.33 bits per heavy atom. The van der Waals surface area contributed by atoms with Crippen molar-refractivity contribution in [1.29, 1.82) is 0 Å². The van der Waals surface area contributed by atoms with Gasteiger partial charge in [0.25, 0.3) is 5.56 Å². The van der Waals surface area contributed by atoms with Gasteiger partial charge in [0.2, 0.25) is 0 Å². The smallest absolute Gasteiger partial charge is 0.252 e. The Labute approximate surface area is 121 Å². The van der Waals surface area contributed by atoms with Gasteiger partial charge in [-0.3, -0.25) is 9.89 Å². The molecule has 0 bridgehead atoms. The maximum absolute atomic E-state index is 12.1. The molecule has 108 valence electrons. The number of nitrogens with one attached hydrogen (secondary N) is 2. The highest BCUT2D eigenvalue weighted by Crippen LogP contribution is 2.26. The van der Waals surface area contributed by atoms with Gasteiger partial charge in [-0.2, -0.15) is 5.10 Å². The molecule has 4 N–H and O–H groups in total. The van der Waals surface area contributed by atoms with Crippen LogP contribution in [0, 0.1) is 0 Å². The van der Waals surface area contributed by atoms with Crippen LogP contribution in [0.25, 0.3) is 10.9 Å². The molecule has 1 atom stereocenters. The summed E-state index contributed by atoms with van der Waals surface area (Å²) in [7, 11) is 1.75. The minimum Gasteiger partial charge on any atom is -0.399 e. The predicted molar refractivity (Wildman–Crippen MR) is 84.2 cm³/mol. The van der Waals surface area contributed by atoms with Gasteiger partial charge in [-0.05, 0) is 31.2 Å². The van der Waals surface area contributed by atoms with Crippen LogP contribution in [0.2, 0.25) is 0 Å². The molecule has 1 unspecified atom stereocenters. The number of aryl methyl sites for hydroxylation is 1. The van der Waals surface area contributed by atoms with Gasteiger partial charge in [-0.15, -0.1) is 0 Å². The van der Waals surface area contributed by atoms with Gasteiger partial charge in [-0.25, -0.2) is 0 Å². The quantitative estimate of drug-likeness (QED) is 0.642. The van der Waals surface area contributed by atoms with E-state index in [1.54, 1.807) is 29.9 Å². The fourth-order valence-electron chi connectivity index (χ4n) is 2.42. The normalized spacial score (nSPS) is 12.5. The lowest BCUT2D eigenvalue weighted by molar-refractivity contribution is 0.824. The molecule has 0 aliphatic carbocycles. The van der Waals surface area contributed by atoms with Crippen LogP contribution in [0.4, 0.5) is 11.4 Å². The van der Waals surface area contributed by atoms with Crippen LogP contribution in [0.5, 0.6) is 0 Å². The molecule has 6 heteroatoms. The van der Waals surface area contributed by atoms with Crippen LogP contribution in [0.15, 0.2) is 41.3 Å². The number of anilines is 2. The number of fused-ring (bicyclic) bond motifs is 1. The van der Waals surface area contributed by atoms with E-state index >= 15 is 0 Å². The number of nitrogen functional groups attached to an aromatic ring is 1. The van der Waals surface area contributed by atoms with E-state index < -0.39 is 0 Å². The summed E-state index contributed by atoms with van der Waals surface area (Å²) in [6, 6.07) is 9.02. The monoisotopic (exact) mass is 283 g/mol. The molecule has 0 spiro atoms. The molecule has 6 nitrogen and oxygen atoms in total. The van der Waals surface area contributed by atoms with E-state index in [2.05, 4.69) is 15.5 Å². The van der Waals surface area contributed by atoms with Crippen molar-refractivity contribution >= 4 is 22.3 Å². The van der Waals surface area contributed by atoms with Gasteiger partial charge in [0.15, 0.2) is 0 Å². The molecule has 3 rings (SSSR count). The van der Waals surface area contributed by atoms with Gasteiger partial charge in [0.1, 0.15) is 0 Å². The van der Waals surface area contributed by atoms with Crippen LogP contribution in [0.3, 0.4) is 0 Å². The zero-order valence-electron chi connectivity index (χ0n) is 11.9. The summed E-state index contributed by atoms with van der Waals surface area (Å²) in [5, 5.41) is 11.1. The molecular formula is C15H17N5O. The number of H-pyrrole nitrogens is 1. The molecular weight excluding hydrogens is 266 g/mol. The van der Waals surface area contributed by atoms with Crippen LogP contribution >= 0.6 is 0 Å². The molecule has 3 aromatic rings. The first-order valence-electron chi connectivity index (χ1n) is 6.71. The third kappa shape index (κ3) is 2.35. The number of aromatic amines is 1. The SMILES string of the molecule is CC(Nc1cc(=O)n(C)c2ccc(N)cc12)c1ccn[nH]1. The zero-order valence-corrected chi connectivity index (χ0v) is 11.9. The highest BCUT2D eigenvalue weighted by atomic mass is 16.1. The van der Waals surface area contributed by atoms with Crippen molar-refractivity contribution in [2.24, 2.45) is 7.05 Å². The van der Waals surface area contributed by atoms with Crippen molar-refractivity contribution in [3.63, 3.8) is 0 Å². The predicted octanol–water partition coefficient (Wildman–Crippen LogP) is 2.02. The Balaban J connectivity index is 2.11. The fourth-order valence-corrected chi connectivity index (χ4v) is 2.42. The van der Waals surface area contributed by atoms with Gasteiger partial charge in [0, 0.05) is 36.1 Å². The lowest BCUT2D eigenvalue weighted by Crippen LogP contribution is -2.18. The van der Waals surface area contributed by atoms with Crippen molar-refractivity contribution in [3.05, 3.63) is 52.6 Å². The number of pyridine rings is 1. The molecule has 0 fully saturated rings. The first-order valence-corrected chi connectivity index (χ1v) is 6.71. The fraction of sp³-hybridized carbons (Fsp3) is 0.200. The Bertz CT molecular complexity index is 835. The minimum atomic E-state index is -0.0633. The lowest BCUT2D eigenvalue weighted by Gasteiger charge is -2.17. The molecule has 0 saturated carbocycles. The maximum atomic E-state index is 12.1. The Morgan fingerprint density at radius 3 is 2.86 bits per heavy atom. The molecule has 21 heavy (non-hydrogen) atoms. The Kier molecular flexibility index (Phi) is 3.13. The van der Waals surface area contributed by atoms with Crippen LogP contribution in [-0.2, 0) is 7.05 Å². The largest absolute Gasteiger partial charge is 0.399 e. The summed E-state index contributed by atoms with van der Waals surface area (Å²) >= 11 is 0. The first-order chi connectivity index (χ1) is 10.1. The highest BCUT2D eigenvalue weighted by Gasteiger charge is 2.11. The van der Waals surface area contributed by atoms with Gasteiger partial charge in [-0.1, -0.05) is 0 Å². The first kappa shape index (κ1) is 13.2. The number of benzene rings is 1. The topological polar surface area (TPSA) is 88.7 Å². The highest BCUT2D eigenvalue weighted by molar-refractivity contribution is 5.93. The second kappa shape index (κ2) is 4.97. The molecule has 0 saturated heterocycles. The Morgan fingerprint density at radius 2 is 2.14 bits per heavy atom. The molecule has 0 radical (unpaired) electrons. The Hall–Kier alpha value is -2.76. The van der Waals surface area contributed by atoms with Crippen molar-refractivity contribution < 1.29 is 0 Å². The summed E-state index contributed by atoms with van der Waals surface area (Å²) < 4.78 is 1.61. The number of nitrogens with zero attached hydrogens (tertiary/aromatic N) is 2. The second-order valence-electron chi connectivity index (χ2n) is 5.11. The molecule has 0 aliphatic heterocycles. The maximum Gasteiger partial charge on any atom is 0.252 e. The van der Waals surface area contributed by atoms with Crippen molar-refractivity contribution in [2.45, 2.75) is 13.0 Å². The summed E-state index contributed by atoms with van der Waals surface area (Å²) in [5.74, 6) is 0. The standard InChI is InChI=1S/C15H17N5O/c1-9(12-5-6-17-19-12)18-13-8-15(21)20(2)14-4-3-10(16)7-11(13)14/h3-9,18H,16H2,1-2H3,(H,17,19). The number of hydrogen-bond acceptors (Lipinski definition) is 4. The summed E-state index contributed by atoms with van der Waals surface area (Å²) in [4.78, 5) is 12.1. The summed E-state index contributed by atoms with van der Waals surface area (Å²) in [6.45, 7) is 2.00. The van der Waals surface area contributed by atoms with Gasteiger partial charge in [0.05, 0.1) is 17.3 Å². The average molecular weight is 283 g/mol. The van der Waals surface area contributed by atoms with Crippen LogP contribution < -0.4 is 16.6 Å². The molecule has 2 heterocycles. The number of hydrogen-bond donors (Lipinski definition) is 3. The van der Waals surface area contributed by atoms with Crippen molar-refractivity contribution in [1.82, 2.24) is 14.8 Å². The second-order valence-corrected chi connectivity index (χ2v) is 5.11. The average Bonchev–Trinajstić information content (AvgIpc) is 2.98. The van der Waals surface area contributed by atoms with Crippen molar-refractivity contribution in [2.75, 3.05) is 11.1 Å². The van der Waals surface area contributed by atoms with E-state index in [4.69, 9.17) is 5.73 Å². The van der Waals surface area contributed by atoms with Gasteiger partial charge < -0.3 is 15.6 Å². The summed E-state index contributed by atoms with van der Waals surface area (Å²) in [6.07, 6.45) is 1.70. The molecule has 0 aliphatic rings. The van der Waals surface area contributed by atoms with E-state index in [1.807, 2.05) is 25.1 Å². The molecule has 2 aromatic heterocycles. The van der Waals surface area contributed by atoms with Gasteiger partial charge >= 0.3 is 0 Å². The number of rotatable bonds is 3. The van der Waals surface area contributed by atoms with E-state index in [-0.39, 0.29) is 11.6 Å². The van der Waals surface area contributed by atoms with Crippen LogP contribution in [0.1, 0.15) is 18.7 Å². The molecule has 0 amide bonds. The number of nitrogens with two attached hydrogens (primary N) is 1. The third-order valence-electron chi connectivity index (χ3n) is 3.63. The zero-order chi connectivity index (χ0) is 15.0. The van der Waals surface area contributed by atoms with E-state index in [0.717, 1.165) is 22.3 Å².